The largest absolute Gasteiger partial charge is 0.461 e. The lowest BCUT2D eigenvalue weighted by Crippen LogP contribution is -2.57. The average molecular weight is 497 g/mol. The second-order valence-corrected chi connectivity index (χ2v) is 11.8. The summed E-state index contributed by atoms with van der Waals surface area (Å²) in [5.41, 5.74) is 2.83. The van der Waals surface area contributed by atoms with Crippen molar-refractivity contribution in [1.29, 1.82) is 0 Å². The van der Waals surface area contributed by atoms with Crippen LogP contribution >= 0.6 is 11.8 Å². The Bertz CT molecular complexity index is 1130. The smallest absolute Gasteiger partial charge is 0.311 e. The van der Waals surface area contributed by atoms with Crippen molar-refractivity contribution in [1.82, 2.24) is 4.90 Å². The molecule has 1 N–H and O–H groups in total. The minimum atomic E-state index is -0.918. The van der Waals surface area contributed by atoms with Crippen molar-refractivity contribution in [2.75, 3.05) is 24.7 Å². The summed E-state index contributed by atoms with van der Waals surface area (Å²) in [6.07, 6.45) is 7.71. The van der Waals surface area contributed by atoms with Crippen molar-refractivity contribution in [2.45, 2.75) is 49.8 Å². The highest BCUT2D eigenvalue weighted by Crippen LogP contribution is 2.61. The molecule has 2 fully saturated rings. The quantitative estimate of drug-likeness (QED) is 0.510. The van der Waals surface area contributed by atoms with E-state index in [1.165, 1.54) is 11.8 Å². The first-order valence-corrected chi connectivity index (χ1v) is 13.1. The van der Waals surface area contributed by atoms with E-state index in [0.29, 0.717) is 6.54 Å². The molecule has 1 unspecified atom stereocenters. The highest BCUT2D eigenvalue weighted by atomic mass is 32.2. The third kappa shape index (κ3) is 3.56. The third-order valence-corrected chi connectivity index (χ3v) is 9.56. The molecule has 1 spiro atoms. The molecule has 4 heterocycles. The maximum Gasteiger partial charge on any atom is 0.311 e. The number of hydrogen-bond donors (Lipinski definition) is 1. The Morgan fingerprint density at radius 3 is 2.66 bits per heavy atom. The highest BCUT2D eigenvalue weighted by molar-refractivity contribution is 8.02. The molecule has 35 heavy (non-hydrogen) atoms. The van der Waals surface area contributed by atoms with Gasteiger partial charge in [-0.3, -0.25) is 14.4 Å². The summed E-state index contributed by atoms with van der Waals surface area (Å²) in [5, 5.41) is 10.1. The number of carbonyl (C=O) groups is 3. The van der Waals surface area contributed by atoms with Gasteiger partial charge in [-0.15, -0.1) is 11.8 Å². The first kappa shape index (κ1) is 24.1. The van der Waals surface area contributed by atoms with Crippen molar-refractivity contribution < 1.29 is 24.2 Å². The summed E-state index contributed by atoms with van der Waals surface area (Å²) in [6, 6.07) is 4.63. The number of ether oxygens (including phenoxy) is 1. The summed E-state index contributed by atoms with van der Waals surface area (Å²) in [7, 11) is 0. The zero-order valence-electron chi connectivity index (χ0n) is 20.5. The molecule has 8 heteroatoms. The number of amides is 2. The number of benzene rings is 1. The summed E-state index contributed by atoms with van der Waals surface area (Å²) in [5.74, 6) is -2.31. The van der Waals surface area contributed by atoms with Crippen LogP contribution in [0.4, 0.5) is 5.69 Å². The number of rotatable bonds is 4. The van der Waals surface area contributed by atoms with Crippen molar-refractivity contribution >= 4 is 35.2 Å². The van der Waals surface area contributed by atoms with Crippen molar-refractivity contribution in [3.8, 4) is 0 Å². The number of nitrogens with zero attached hydrogens (tertiary/aromatic N) is 2. The van der Waals surface area contributed by atoms with E-state index < -0.39 is 34.6 Å². The number of esters is 1. The number of anilines is 1. The minimum absolute atomic E-state index is 0.0733. The van der Waals surface area contributed by atoms with E-state index in [4.69, 9.17) is 4.74 Å². The number of hydrogen-bond acceptors (Lipinski definition) is 6. The first-order valence-electron chi connectivity index (χ1n) is 12.2. The van der Waals surface area contributed by atoms with Crippen LogP contribution in [-0.4, -0.2) is 69.6 Å². The van der Waals surface area contributed by atoms with Gasteiger partial charge >= 0.3 is 5.97 Å². The van der Waals surface area contributed by atoms with Gasteiger partial charge in [-0.2, -0.15) is 0 Å². The highest BCUT2D eigenvalue weighted by Gasteiger charge is 2.72. The Morgan fingerprint density at radius 1 is 1.17 bits per heavy atom. The van der Waals surface area contributed by atoms with Gasteiger partial charge in [0.05, 0.1) is 29.2 Å². The minimum Gasteiger partial charge on any atom is -0.461 e. The van der Waals surface area contributed by atoms with E-state index in [9.17, 15) is 19.5 Å². The van der Waals surface area contributed by atoms with Gasteiger partial charge in [0.15, 0.2) is 0 Å². The molecular formula is C27H32N2O5S. The van der Waals surface area contributed by atoms with Crippen LogP contribution in [-0.2, 0) is 19.1 Å². The number of fused-ring (bicyclic) bond motifs is 2. The number of aryl methyl sites for hydroxylation is 2. The Morgan fingerprint density at radius 2 is 1.94 bits per heavy atom. The molecule has 0 aromatic heterocycles. The number of aliphatic hydroxyl groups is 1. The molecular weight excluding hydrogens is 464 g/mol. The molecule has 4 aliphatic rings. The number of thioether (sulfide) groups is 1. The Kier molecular flexibility index (Phi) is 6.08. The monoisotopic (exact) mass is 496 g/mol. The van der Waals surface area contributed by atoms with Crippen LogP contribution in [0.3, 0.4) is 0 Å². The van der Waals surface area contributed by atoms with Crippen molar-refractivity contribution in [3.05, 3.63) is 53.6 Å². The molecule has 0 saturated carbocycles. The van der Waals surface area contributed by atoms with Crippen LogP contribution in [0.1, 0.15) is 25.0 Å². The first-order chi connectivity index (χ1) is 16.7. The van der Waals surface area contributed by atoms with E-state index in [2.05, 4.69) is 0 Å². The molecule has 6 atom stereocenters. The zero-order valence-corrected chi connectivity index (χ0v) is 21.3. The molecule has 0 radical (unpaired) electrons. The lowest BCUT2D eigenvalue weighted by Gasteiger charge is -2.40. The van der Waals surface area contributed by atoms with Gasteiger partial charge < -0.3 is 19.6 Å². The summed E-state index contributed by atoms with van der Waals surface area (Å²) in [6.45, 7) is 8.14. The topological polar surface area (TPSA) is 87.2 Å². The molecule has 1 aromatic carbocycles. The normalized spacial score (nSPS) is 32.8. The summed E-state index contributed by atoms with van der Waals surface area (Å²) < 4.78 is 4.50. The molecule has 2 amide bonds. The van der Waals surface area contributed by atoms with Gasteiger partial charge in [0, 0.05) is 17.5 Å². The van der Waals surface area contributed by atoms with Crippen LogP contribution in [0.5, 0.6) is 0 Å². The maximum atomic E-state index is 14.4. The summed E-state index contributed by atoms with van der Waals surface area (Å²) >= 11 is 1.52. The van der Waals surface area contributed by atoms with Gasteiger partial charge in [0.25, 0.3) is 5.91 Å². The van der Waals surface area contributed by atoms with Crippen LogP contribution in [0.25, 0.3) is 0 Å². The molecule has 5 rings (SSSR count). The second kappa shape index (κ2) is 8.82. The molecule has 2 saturated heterocycles. The van der Waals surface area contributed by atoms with Crippen molar-refractivity contribution in [3.63, 3.8) is 0 Å². The third-order valence-electron chi connectivity index (χ3n) is 7.82. The number of aliphatic hydroxyl groups excluding tert-OH is 1. The Hall–Kier alpha value is -2.58. The van der Waals surface area contributed by atoms with Gasteiger partial charge in [-0.25, -0.2) is 0 Å². The van der Waals surface area contributed by atoms with Gasteiger partial charge in [-0.05, 0) is 37.0 Å². The SMILES string of the molecule is Cc1ccc(C)c(N2CC=C[C@]34S[C@@H]5C=CCOC(=O)[C@@H]5[C@H]3C(=O)N([C@@H](CO)C(C)C)C4C2=O)c1. The predicted octanol–water partition coefficient (Wildman–Crippen LogP) is 2.63. The molecule has 186 valence electrons. The molecule has 0 bridgehead atoms. The van der Waals surface area contributed by atoms with Gasteiger partial charge in [0.2, 0.25) is 5.91 Å². The zero-order chi connectivity index (χ0) is 25.1. The van der Waals surface area contributed by atoms with Crippen LogP contribution in [0, 0.1) is 31.6 Å². The number of likely N-dealkylation sites (tertiary alicyclic amines) is 1. The van der Waals surface area contributed by atoms with Crippen LogP contribution in [0.15, 0.2) is 42.5 Å². The van der Waals surface area contributed by atoms with Gasteiger partial charge in [-0.1, -0.05) is 50.3 Å². The average Bonchev–Trinajstić information content (AvgIpc) is 3.11. The van der Waals surface area contributed by atoms with Gasteiger partial charge in [0.1, 0.15) is 12.6 Å². The van der Waals surface area contributed by atoms with E-state index in [0.717, 1.165) is 16.8 Å². The van der Waals surface area contributed by atoms with E-state index in [-0.39, 0.29) is 36.2 Å². The number of cyclic esters (lactones) is 1. The lowest BCUT2D eigenvalue weighted by molar-refractivity contribution is -0.152. The fraction of sp³-hybridized carbons (Fsp3) is 0.519. The summed E-state index contributed by atoms with van der Waals surface area (Å²) in [4.78, 5) is 45.0. The van der Waals surface area contributed by atoms with E-state index >= 15 is 0 Å². The van der Waals surface area contributed by atoms with Crippen molar-refractivity contribution in [2.24, 2.45) is 17.8 Å². The Balaban J connectivity index is 1.68. The second-order valence-electron chi connectivity index (χ2n) is 10.3. The lowest BCUT2D eigenvalue weighted by atomic mass is 9.78. The molecule has 4 aliphatic heterocycles. The van der Waals surface area contributed by atoms with Crippen LogP contribution < -0.4 is 4.90 Å². The standard InChI is InChI=1S/C27H32N2O5S/c1-15(2)19(14-30)29-23-25(32)28(18-13-16(3)8-9-17(18)4)11-6-10-27(23)22(24(29)31)21-20(35-27)7-5-12-34-26(21)33/h5-10,13,15,19-23,30H,11-12,14H2,1-4H3/t19-,20+,21-,22-,23?,27-/m0/s1. The van der Waals surface area contributed by atoms with E-state index in [1.54, 1.807) is 9.80 Å². The molecule has 7 nitrogen and oxygen atoms in total. The Labute approximate surface area is 210 Å². The number of carbonyl (C=O) groups excluding carboxylic acids is 3. The van der Waals surface area contributed by atoms with E-state index in [1.807, 2.05) is 70.2 Å². The predicted molar refractivity (Wildman–Crippen MR) is 135 cm³/mol. The molecule has 0 aliphatic carbocycles. The fourth-order valence-corrected chi connectivity index (χ4v) is 8.10. The van der Waals surface area contributed by atoms with Crippen LogP contribution in [0.2, 0.25) is 0 Å². The fourth-order valence-electron chi connectivity index (χ4n) is 6.11. The molecule has 1 aromatic rings. The maximum absolute atomic E-state index is 14.4.